The Balaban J connectivity index is 2.78. The van der Waals surface area contributed by atoms with E-state index < -0.39 is 34.5 Å². The van der Waals surface area contributed by atoms with Crippen LogP contribution in [0, 0.1) is 0 Å². The lowest BCUT2D eigenvalue weighted by atomic mass is 10.4. The highest BCUT2D eigenvalue weighted by Gasteiger charge is 2.25. The molecule has 0 unspecified atom stereocenters. The molecule has 1 aromatic rings. The highest BCUT2D eigenvalue weighted by Crippen LogP contribution is 2.17. The number of hydrogen-bond donors (Lipinski definition) is 1. The van der Waals surface area contributed by atoms with E-state index in [-0.39, 0.29) is 4.90 Å². The first kappa shape index (κ1) is 17.4. The minimum Gasteiger partial charge on any atom is -0.452 e. The van der Waals surface area contributed by atoms with E-state index in [1.54, 1.807) is 0 Å². The fourth-order valence-electron chi connectivity index (χ4n) is 1.35. The number of hydrogen-bond acceptors (Lipinski definition) is 5. The van der Waals surface area contributed by atoms with Gasteiger partial charge in [-0.1, -0.05) is 11.6 Å². The summed E-state index contributed by atoms with van der Waals surface area (Å²) in [7, 11) is -2.63. The van der Waals surface area contributed by atoms with Crippen LogP contribution in [0.15, 0.2) is 29.2 Å². The molecule has 0 heterocycles. The summed E-state index contributed by atoms with van der Waals surface area (Å²) < 4.78 is 29.9. The minimum atomic E-state index is -3.85. The van der Waals surface area contributed by atoms with Gasteiger partial charge in [0.15, 0.2) is 6.10 Å². The average Bonchev–Trinajstić information content (AvgIpc) is 2.38. The minimum absolute atomic E-state index is 0.00912. The Morgan fingerprint density at radius 3 is 2.33 bits per heavy atom. The zero-order valence-electron chi connectivity index (χ0n) is 11.4. The lowest BCUT2D eigenvalue weighted by molar-refractivity contribution is -0.153. The number of nitrogens with zero attached hydrogens (tertiary/aromatic N) is 1. The zero-order valence-corrected chi connectivity index (χ0v) is 13.0. The van der Waals surface area contributed by atoms with Crippen molar-refractivity contribution in [2.45, 2.75) is 17.9 Å². The maximum Gasteiger partial charge on any atom is 0.322 e. The third kappa shape index (κ3) is 4.69. The molecule has 0 saturated heterocycles. The van der Waals surface area contributed by atoms with E-state index in [0.717, 1.165) is 4.31 Å². The fourth-order valence-corrected chi connectivity index (χ4v) is 2.59. The van der Waals surface area contributed by atoms with Crippen LogP contribution in [0.25, 0.3) is 0 Å². The third-order valence-corrected chi connectivity index (χ3v) is 4.65. The molecule has 0 fully saturated rings. The molecule has 0 radical (unpaired) electrons. The molecule has 116 valence electrons. The number of amides is 1. The van der Waals surface area contributed by atoms with Crippen molar-refractivity contribution in [1.82, 2.24) is 4.31 Å². The van der Waals surface area contributed by atoms with Crippen LogP contribution in [0.4, 0.5) is 0 Å². The van der Waals surface area contributed by atoms with Gasteiger partial charge in [0, 0.05) is 12.1 Å². The van der Waals surface area contributed by atoms with Crippen molar-refractivity contribution < 1.29 is 22.7 Å². The van der Waals surface area contributed by atoms with Crippen LogP contribution in [-0.4, -0.2) is 44.3 Å². The Labute approximate surface area is 127 Å². The number of carbonyl (C=O) groups excluding carboxylic acids is 2. The van der Waals surface area contributed by atoms with E-state index in [2.05, 4.69) is 0 Å². The largest absolute Gasteiger partial charge is 0.452 e. The number of carbonyl (C=O) groups is 2. The molecule has 0 spiro atoms. The van der Waals surface area contributed by atoms with E-state index in [1.807, 2.05) is 0 Å². The van der Waals surface area contributed by atoms with Crippen LogP contribution in [0.1, 0.15) is 6.92 Å². The number of primary amides is 1. The maximum absolute atomic E-state index is 12.2. The first-order chi connectivity index (χ1) is 9.64. The highest BCUT2D eigenvalue weighted by atomic mass is 35.5. The lowest BCUT2D eigenvalue weighted by Gasteiger charge is -2.17. The van der Waals surface area contributed by atoms with Crippen molar-refractivity contribution in [3.63, 3.8) is 0 Å². The van der Waals surface area contributed by atoms with Gasteiger partial charge < -0.3 is 10.5 Å². The van der Waals surface area contributed by atoms with Crippen LogP contribution in [-0.2, 0) is 24.3 Å². The number of nitrogens with two attached hydrogens (primary N) is 1. The van der Waals surface area contributed by atoms with Crippen molar-refractivity contribution in [3.8, 4) is 0 Å². The Hall–Kier alpha value is -1.64. The molecule has 0 saturated carbocycles. The van der Waals surface area contributed by atoms with Gasteiger partial charge >= 0.3 is 5.97 Å². The zero-order chi connectivity index (χ0) is 16.2. The predicted molar refractivity (Wildman–Crippen MR) is 76.0 cm³/mol. The van der Waals surface area contributed by atoms with Crippen molar-refractivity contribution in [2.75, 3.05) is 13.6 Å². The standard InChI is InChI=1S/C12H15ClN2O5S/c1-8(12(14)17)20-11(16)7-15(2)21(18,19)10-5-3-9(13)4-6-10/h3-6,8H,7H2,1-2H3,(H2,14,17)/t8-/m0/s1. The van der Waals surface area contributed by atoms with Gasteiger partial charge in [0.05, 0.1) is 4.90 Å². The number of rotatable bonds is 6. The second-order valence-corrected chi connectivity index (χ2v) is 6.73. The SMILES string of the molecule is C[C@H](OC(=O)CN(C)S(=O)(=O)c1ccc(Cl)cc1)C(N)=O. The van der Waals surface area contributed by atoms with Crippen molar-refractivity contribution in [3.05, 3.63) is 29.3 Å². The number of esters is 1. The molecule has 7 nitrogen and oxygen atoms in total. The number of ether oxygens (including phenoxy) is 1. The summed E-state index contributed by atoms with van der Waals surface area (Å²) in [6.07, 6.45) is -1.12. The summed E-state index contributed by atoms with van der Waals surface area (Å²) >= 11 is 5.69. The van der Waals surface area contributed by atoms with Gasteiger partial charge in [-0.05, 0) is 31.2 Å². The van der Waals surface area contributed by atoms with Gasteiger partial charge in [-0.15, -0.1) is 0 Å². The molecular formula is C12H15ClN2O5S. The number of halogens is 1. The maximum atomic E-state index is 12.2. The summed E-state index contributed by atoms with van der Waals surface area (Å²) in [6.45, 7) is 0.760. The molecule has 9 heteroatoms. The number of sulfonamides is 1. The van der Waals surface area contributed by atoms with Crippen molar-refractivity contribution >= 4 is 33.5 Å². The number of likely N-dealkylation sites (N-methyl/N-ethyl adjacent to an activating group) is 1. The fraction of sp³-hybridized carbons (Fsp3) is 0.333. The number of benzene rings is 1. The summed E-state index contributed by atoms with van der Waals surface area (Å²) in [4.78, 5) is 22.3. The summed E-state index contributed by atoms with van der Waals surface area (Å²) in [5.74, 6) is -1.69. The van der Waals surface area contributed by atoms with E-state index >= 15 is 0 Å². The van der Waals surface area contributed by atoms with Crippen LogP contribution in [0.5, 0.6) is 0 Å². The molecule has 1 amide bonds. The Morgan fingerprint density at radius 1 is 1.33 bits per heavy atom. The van der Waals surface area contributed by atoms with Crippen LogP contribution >= 0.6 is 11.6 Å². The molecule has 21 heavy (non-hydrogen) atoms. The van der Waals surface area contributed by atoms with Crippen molar-refractivity contribution in [1.29, 1.82) is 0 Å². The molecular weight excluding hydrogens is 320 g/mol. The molecule has 0 aliphatic heterocycles. The van der Waals surface area contributed by atoms with E-state index in [9.17, 15) is 18.0 Å². The molecule has 0 bridgehead atoms. The third-order valence-electron chi connectivity index (χ3n) is 2.58. The Bertz CT molecular complexity index is 630. The lowest BCUT2D eigenvalue weighted by Crippen LogP contribution is -2.37. The van der Waals surface area contributed by atoms with Gasteiger partial charge in [0.25, 0.3) is 5.91 Å². The van der Waals surface area contributed by atoms with Crippen molar-refractivity contribution in [2.24, 2.45) is 5.73 Å². The molecule has 2 N–H and O–H groups in total. The smallest absolute Gasteiger partial charge is 0.322 e. The summed E-state index contributed by atoms with van der Waals surface area (Å²) in [5, 5.41) is 0.395. The quantitative estimate of drug-likeness (QED) is 0.757. The monoisotopic (exact) mass is 334 g/mol. The first-order valence-electron chi connectivity index (χ1n) is 5.85. The predicted octanol–water partition coefficient (Wildman–Crippen LogP) is 0.377. The molecule has 1 aromatic carbocycles. The molecule has 1 rings (SSSR count). The average molecular weight is 335 g/mol. The Kier molecular flexibility index (Phi) is 5.70. The van der Waals surface area contributed by atoms with Gasteiger partial charge in [-0.3, -0.25) is 9.59 Å². The van der Waals surface area contributed by atoms with Gasteiger partial charge in [-0.25, -0.2) is 8.42 Å². The summed E-state index contributed by atoms with van der Waals surface area (Å²) in [5.41, 5.74) is 4.95. The van der Waals surface area contributed by atoms with E-state index in [0.29, 0.717) is 5.02 Å². The van der Waals surface area contributed by atoms with E-state index in [4.69, 9.17) is 22.1 Å². The first-order valence-corrected chi connectivity index (χ1v) is 7.67. The second kappa shape index (κ2) is 6.88. The normalized spacial score (nSPS) is 13.0. The molecule has 0 aliphatic carbocycles. The second-order valence-electron chi connectivity index (χ2n) is 4.25. The molecule has 0 aromatic heterocycles. The van der Waals surface area contributed by atoms with Gasteiger partial charge in [0.1, 0.15) is 6.54 Å². The van der Waals surface area contributed by atoms with Crippen LogP contribution in [0.2, 0.25) is 5.02 Å². The van der Waals surface area contributed by atoms with Gasteiger partial charge in [-0.2, -0.15) is 4.31 Å². The van der Waals surface area contributed by atoms with Gasteiger partial charge in [0.2, 0.25) is 10.0 Å². The highest BCUT2D eigenvalue weighted by molar-refractivity contribution is 7.89. The topological polar surface area (TPSA) is 107 Å². The van der Waals surface area contributed by atoms with Crippen LogP contribution < -0.4 is 5.73 Å². The molecule has 1 atom stereocenters. The Morgan fingerprint density at radius 2 is 1.86 bits per heavy atom. The molecule has 0 aliphatic rings. The van der Waals surface area contributed by atoms with Crippen LogP contribution in [0.3, 0.4) is 0 Å². The summed E-state index contributed by atoms with van der Waals surface area (Å²) in [6, 6.07) is 5.50. The van der Waals surface area contributed by atoms with E-state index in [1.165, 1.54) is 38.2 Å².